The number of thiophene rings is 2. The predicted octanol–water partition coefficient (Wildman–Crippen LogP) is 5.80. The Balaban J connectivity index is 0.000000489. The van der Waals surface area contributed by atoms with Crippen LogP contribution in [0, 0.1) is 0 Å². The van der Waals surface area contributed by atoms with Crippen LogP contribution < -0.4 is 0 Å². The van der Waals surface area contributed by atoms with Gasteiger partial charge in [-0.15, -0.1) is 22.9 Å². The molecule has 6 nitrogen and oxygen atoms in total. The molecule has 0 aliphatic heterocycles. The van der Waals surface area contributed by atoms with Crippen molar-refractivity contribution in [3.8, 4) is 0 Å². The van der Waals surface area contributed by atoms with Gasteiger partial charge in [0.15, 0.2) is 0 Å². The van der Waals surface area contributed by atoms with E-state index in [1.807, 2.05) is 22.9 Å². The van der Waals surface area contributed by atoms with Crippen LogP contribution in [-0.4, -0.2) is 66.1 Å². The van der Waals surface area contributed by atoms with E-state index in [0.717, 1.165) is 31.4 Å². The topological polar surface area (TPSA) is 55.4 Å². The van der Waals surface area contributed by atoms with Crippen LogP contribution >= 0.6 is 34.3 Å². The van der Waals surface area contributed by atoms with E-state index in [1.165, 1.54) is 4.88 Å². The van der Waals surface area contributed by atoms with Crippen molar-refractivity contribution in [3.05, 3.63) is 45.3 Å². The van der Waals surface area contributed by atoms with Crippen molar-refractivity contribution in [3.63, 3.8) is 0 Å². The number of halogens is 1. The fourth-order valence-electron chi connectivity index (χ4n) is 2.56. The highest BCUT2D eigenvalue weighted by Gasteiger charge is 2.37. The third kappa shape index (κ3) is 13.2. The maximum Gasteiger partial charge on any atom is 0.500 e. The van der Waals surface area contributed by atoms with Gasteiger partial charge < -0.3 is 26.6 Å². The molecule has 2 heterocycles. The quantitative estimate of drug-likeness (QED) is 0.242. The summed E-state index contributed by atoms with van der Waals surface area (Å²) in [7, 11) is 5.12. The molecule has 11 heteroatoms. The first-order valence-electron chi connectivity index (χ1n) is 9.87. The van der Waals surface area contributed by atoms with Gasteiger partial charge >= 0.3 is 17.6 Å². The van der Waals surface area contributed by atoms with Gasteiger partial charge in [0.2, 0.25) is 0 Å². The Kier molecular flexibility index (Phi) is 19.3. The van der Waals surface area contributed by atoms with E-state index in [4.69, 9.17) is 38.2 Å². The molecule has 2 aromatic rings. The van der Waals surface area contributed by atoms with Crippen molar-refractivity contribution in [1.82, 2.24) is 0 Å². The highest BCUT2D eigenvalue weighted by molar-refractivity contribution is 7.09. The molecule has 180 valence electrons. The maximum atomic E-state index is 5.53. The molecule has 0 spiro atoms. The smallest absolute Gasteiger partial charge is 0.377 e. The third-order valence-electron chi connectivity index (χ3n) is 4.39. The molecule has 0 bridgehead atoms. The molecule has 0 atom stereocenters. The number of alkyl halides is 1. The molecule has 0 aliphatic carbocycles. The second kappa shape index (κ2) is 19.4. The standard InChI is InChI=1S/C10H18O3SSi.C6H15ClO3Si.C4H4S/c1-11-15(12-2,13-3)9-5-7-10-6-4-8-14-10;1-8-11(9-2,10-3)6-4-5-7;1-2-4-5-3-1/h4,6,8H,5,7,9H2,1-3H3;4-6H2,1-3H3;1-4H. The van der Waals surface area contributed by atoms with Crippen molar-refractivity contribution < 1.29 is 26.6 Å². The Morgan fingerprint density at radius 2 is 1.19 bits per heavy atom. The molecule has 2 rings (SSSR count). The Morgan fingerprint density at radius 1 is 0.710 bits per heavy atom. The minimum Gasteiger partial charge on any atom is -0.377 e. The van der Waals surface area contributed by atoms with E-state index < -0.39 is 17.6 Å². The van der Waals surface area contributed by atoms with E-state index >= 15 is 0 Å². The lowest BCUT2D eigenvalue weighted by atomic mass is 10.3. The second-order valence-corrected chi connectivity index (χ2v) is 14.5. The molecule has 0 saturated carbocycles. The minimum atomic E-state index is -2.35. The van der Waals surface area contributed by atoms with Crippen molar-refractivity contribution in [1.29, 1.82) is 0 Å². The monoisotopic (exact) mass is 528 g/mol. The molecule has 0 fully saturated rings. The lowest BCUT2D eigenvalue weighted by Crippen LogP contribution is -2.42. The second-order valence-electron chi connectivity index (χ2n) is 6.11. The number of rotatable bonds is 13. The zero-order chi connectivity index (χ0) is 23.4. The van der Waals surface area contributed by atoms with Gasteiger partial charge in [-0.3, -0.25) is 0 Å². The summed E-state index contributed by atoms with van der Waals surface area (Å²) in [5, 5.41) is 6.18. The molecular formula is C20H37ClO6S2Si2. The van der Waals surface area contributed by atoms with Crippen molar-refractivity contribution in [2.75, 3.05) is 48.5 Å². The average Bonchev–Trinajstić information content (AvgIpc) is 3.56. The number of aryl methyl sites for hydroxylation is 1. The summed E-state index contributed by atoms with van der Waals surface area (Å²) in [5.74, 6) is 0.616. The molecule has 0 aliphatic rings. The third-order valence-corrected chi connectivity index (χ3v) is 11.9. The molecule has 0 saturated heterocycles. The van der Waals surface area contributed by atoms with E-state index in [2.05, 4.69) is 17.5 Å². The summed E-state index contributed by atoms with van der Waals surface area (Å²) in [5.41, 5.74) is 0. The highest BCUT2D eigenvalue weighted by Crippen LogP contribution is 2.19. The van der Waals surface area contributed by atoms with Crippen molar-refractivity contribution >= 4 is 51.9 Å². The Bertz CT molecular complexity index is 563. The largest absolute Gasteiger partial charge is 0.500 e. The molecule has 0 N–H and O–H groups in total. The van der Waals surface area contributed by atoms with Gasteiger partial charge in [0.25, 0.3) is 0 Å². The van der Waals surface area contributed by atoms with Crippen LogP contribution in [0.15, 0.2) is 40.4 Å². The molecule has 0 radical (unpaired) electrons. The summed E-state index contributed by atoms with van der Waals surface area (Å²) >= 11 is 9.04. The first-order chi connectivity index (χ1) is 15.0. The minimum absolute atomic E-state index is 0.616. The van der Waals surface area contributed by atoms with Gasteiger partial charge in [0.05, 0.1) is 0 Å². The van der Waals surface area contributed by atoms with E-state index in [-0.39, 0.29) is 0 Å². The molecule has 0 amide bonds. The van der Waals surface area contributed by atoms with Crippen molar-refractivity contribution in [2.24, 2.45) is 0 Å². The van der Waals surface area contributed by atoms with Crippen LogP contribution in [0.3, 0.4) is 0 Å². The summed E-state index contributed by atoms with van der Waals surface area (Å²) in [6.07, 6.45) is 2.98. The fourth-order valence-corrected chi connectivity index (χ4v) is 7.56. The van der Waals surface area contributed by atoms with Gasteiger partial charge in [-0.25, -0.2) is 0 Å². The summed E-state index contributed by atoms with van der Waals surface area (Å²) < 4.78 is 31.6. The predicted molar refractivity (Wildman–Crippen MR) is 135 cm³/mol. The summed E-state index contributed by atoms with van der Waals surface area (Å²) in [6.45, 7) is 0. The first-order valence-corrected chi connectivity index (χ1v) is 16.1. The van der Waals surface area contributed by atoms with Crippen LogP contribution in [-0.2, 0) is 33.0 Å². The molecular weight excluding hydrogens is 492 g/mol. The van der Waals surface area contributed by atoms with E-state index in [1.54, 1.807) is 65.3 Å². The van der Waals surface area contributed by atoms with Gasteiger partial charge in [0, 0.05) is 65.5 Å². The van der Waals surface area contributed by atoms with Crippen LogP contribution in [0.2, 0.25) is 12.1 Å². The number of hydrogen-bond acceptors (Lipinski definition) is 8. The maximum absolute atomic E-state index is 5.53. The van der Waals surface area contributed by atoms with Crippen LogP contribution in [0.1, 0.15) is 17.7 Å². The average molecular weight is 529 g/mol. The van der Waals surface area contributed by atoms with E-state index in [9.17, 15) is 0 Å². The fraction of sp³-hybridized carbons (Fsp3) is 0.600. The van der Waals surface area contributed by atoms with Gasteiger partial charge in [-0.2, -0.15) is 11.3 Å². The zero-order valence-electron chi connectivity index (χ0n) is 19.4. The summed E-state index contributed by atoms with van der Waals surface area (Å²) in [6, 6.07) is 9.91. The molecule has 2 aromatic heterocycles. The van der Waals surface area contributed by atoms with Crippen LogP contribution in [0.25, 0.3) is 0 Å². The van der Waals surface area contributed by atoms with Gasteiger partial charge in [0.1, 0.15) is 0 Å². The Morgan fingerprint density at radius 3 is 1.52 bits per heavy atom. The highest BCUT2D eigenvalue weighted by atomic mass is 35.5. The van der Waals surface area contributed by atoms with Crippen LogP contribution in [0.4, 0.5) is 0 Å². The zero-order valence-corrected chi connectivity index (χ0v) is 23.8. The molecule has 0 aromatic carbocycles. The Hall–Kier alpha value is -0.116. The Labute approximate surface area is 203 Å². The number of hydrogen-bond donors (Lipinski definition) is 0. The SMILES string of the molecule is CO[Si](CCCCl)(OC)OC.CO[Si](CCCc1cccs1)(OC)OC.c1ccsc1. The first kappa shape index (κ1) is 30.9. The molecule has 31 heavy (non-hydrogen) atoms. The lowest BCUT2D eigenvalue weighted by molar-refractivity contribution is 0.122. The molecule has 0 unspecified atom stereocenters. The van der Waals surface area contributed by atoms with Crippen molar-refractivity contribution in [2.45, 2.75) is 31.4 Å². The van der Waals surface area contributed by atoms with Crippen LogP contribution in [0.5, 0.6) is 0 Å². The normalized spacial score (nSPS) is 11.3. The van der Waals surface area contributed by atoms with Gasteiger partial charge in [-0.05, 0) is 41.5 Å². The van der Waals surface area contributed by atoms with E-state index in [0.29, 0.717) is 5.88 Å². The lowest BCUT2D eigenvalue weighted by Gasteiger charge is -2.24. The van der Waals surface area contributed by atoms with Gasteiger partial charge in [-0.1, -0.05) is 18.2 Å². The summed E-state index contributed by atoms with van der Waals surface area (Å²) in [4.78, 5) is 1.40.